The third-order valence-electron chi connectivity index (χ3n) is 2.37. The SMILES string of the molecule is Cc1c(Cl)cccc1NC(=O)/C(C#N)=C\NCCCl. The van der Waals surface area contributed by atoms with Gasteiger partial charge >= 0.3 is 0 Å². The zero-order valence-corrected chi connectivity index (χ0v) is 11.8. The minimum atomic E-state index is -0.491. The van der Waals surface area contributed by atoms with Crippen molar-refractivity contribution >= 4 is 34.8 Å². The number of carbonyl (C=O) groups is 1. The summed E-state index contributed by atoms with van der Waals surface area (Å²) in [5, 5.41) is 14.9. The molecule has 0 saturated heterocycles. The maximum atomic E-state index is 11.9. The molecular weight excluding hydrogens is 285 g/mol. The van der Waals surface area contributed by atoms with Gasteiger partial charge in [-0.15, -0.1) is 11.6 Å². The number of anilines is 1. The summed E-state index contributed by atoms with van der Waals surface area (Å²) < 4.78 is 0. The van der Waals surface area contributed by atoms with E-state index < -0.39 is 5.91 Å². The van der Waals surface area contributed by atoms with Crippen LogP contribution in [0.3, 0.4) is 0 Å². The summed E-state index contributed by atoms with van der Waals surface area (Å²) in [5.41, 5.74) is 1.31. The molecule has 0 saturated carbocycles. The summed E-state index contributed by atoms with van der Waals surface area (Å²) in [7, 11) is 0. The number of alkyl halides is 1. The highest BCUT2D eigenvalue weighted by atomic mass is 35.5. The molecule has 0 aliphatic rings. The van der Waals surface area contributed by atoms with Crippen LogP contribution < -0.4 is 10.6 Å². The van der Waals surface area contributed by atoms with Crippen LogP contribution in [0.15, 0.2) is 30.0 Å². The Hall–Kier alpha value is -1.70. The van der Waals surface area contributed by atoms with Gasteiger partial charge in [-0.1, -0.05) is 17.7 Å². The van der Waals surface area contributed by atoms with E-state index in [9.17, 15) is 4.79 Å². The molecule has 0 heterocycles. The van der Waals surface area contributed by atoms with E-state index in [0.717, 1.165) is 5.56 Å². The van der Waals surface area contributed by atoms with Gasteiger partial charge in [0.25, 0.3) is 5.91 Å². The molecule has 0 fully saturated rings. The molecule has 1 aromatic carbocycles. The number of rotatable bonds is 5. The molecule has 0 aliphatic heterocycles. The molecule has 2 N–H and O–H groups in total. The summed E-state index contributed by atoms with van der Waals surface area (Å²) >= 11 is 11.4. The number of carbonyl (C=O) groups excluding carboxylic acids is 1. The molecule has 1 aromatic rings. The van der Waals surface area contributed by atoms with Crippen molar-refractivity contribution in [1.29, 1.82) is 5.26 Å². The number of nitrogens with one attached hydrogen (secondary N) is 2. The first-order valence-electron chi connectivity index (χ1n) is 5.56. The summed E-state index contributed by atoms with van der Waals surface area (Å²) in [5.74, 6) is -0.0977. The Morgan fingerprint density at radius 3 is 2.89 bits per heavy atom. The molecule has 0 radical (unpaired) electrons. The number of hydrogen-bond donors (Lipinski definition) is 2. The van der Waals surface area contributed by atoms with E-state index in [0.29, 0.717) is 23.1 Å². The minimum Gasteiger partial charge on any atom is -0.388 e. The van der Waals surface area contributed by atoms with E-state index in [1.807, 2.05) is 6.07 Å². The second-order valence-corrected chi connectivity index (χ2v) is 4.46. The van der Waals surface area contributed by atoms with Crippen LogP contribution in [-0.2, 0) is 4.79 Å². The maximum absolute atomic E-state index is 11.9. The predicted octanol–water partition coefficient (Wildman–Crippen LogP) is 2.82. The van der Waals surface area contributed by atoms with Gasteiger partial charge in [0.1, 0.15) is 11.6 Å². The monoisotopic (exact) mass is 297 g/mol. The average Bonchev–Trinajstić information content (AvgIpc) is 2.40. The highest BCUT2D eigenvalue weighted by Crippen LogP contribution is 2.23. The minimum absolute atomic E-state index is 0.0236. The van der Waals surface area contributed by atoms with Crippen LogP contribution in [0.2, 0.25) is 5.02 Å². The number of halogens is 2. The predicted molar refractivity (Wildman–Crippen MR) is 77.2 cm³/mol. The fourth-order valence-electron chi connectivity index (χ4n) is 1.31. The third-order valence-corrected chi connectivity index (χ3v) is 2.96. The van der Waals surface area contributed by atoms with Crippen molar-refractivity contribution in [3.8, 4) is 6.07 Å². The van der Waals surface area contributed by atoms with Gasteiger partial charge in [-0.2, -0.15) is 5.26 Å². The highest BCUT2D eigenvalue weighted by Gasteiger charge is 2.11. The lowest BCUT2D eigenvalue weighted by Crippen LogP contribution is -2.18. The average molecular weight is 298 g/mol. The lowest BCUT2D eigenvalue weighted by atomic mass is 10.2. The second kappa shape index (κ2) is 7.67. The lowest BCUT2D eigenvalue weighted by molar-refractivity contribution is -0.112. The Morgan fingerprint density at radius 1 is 1.53 bits per heavy atom. The summed E-state index contributed by atoms with van der Waals surface area (Å²) in [6.45, 7) is 2.27. The van der Waals surface area contributed by atoms with Crippen molar-refractivity contribution in [2.75, 3.05) is 17.7 Å². The molecule has 100 valence electrons. The van der Waals surface area contributed by atoms with Gasteiger partial charge in [0.05, 0.1) is 0 Å². The van der Waals surface area contributed by atoms with E-state index in [4.69, 9.17) is 28.5 Å². The molecule has 0 aromatic heterocycles. The van der Waals surface area contributed by atoms with Gasteiger partial charge in [-0.25, -0.2) is 0 Å². The molecule has 0 aliphatic carbocycles. The van der Waals surface area contributed by atoms with Crippen LogP contribution >= 0.6 is 23.2 Å². The van der Waals surface area contributed by atoms with Crippen LogP contribution in [0.4, 0.5) is 5.69 Å². The fourth-order valence-corrected chi connectivity index (χ4v) is 1.59. The molecule has 6 heteroatoms. The van der Waals surface area contributed by atoms with Crippen molar-refractivity contribution < 1.29 is 4.79 Å². The van der Waals surface area contributed by atoms with Crippen molar-refractivity contribution in [1.82, 2.24) is 5.32 Å². The number of hydrogen-bond acceptors (Lipinski definition) is 3. The normalized spacial score (nSPS) is 10.7. The van der Waals surface area contributed by atoms with Crippen LogP contribution in [0.1, 0.15) is 5.56 Å². The quantitative estimate of drug-likeness (QED) is 0.380. The molecule has 19 heavy (non-hydrogen) atoms. The molecule has 1 rings (SSSR count). The summed E-state index contributed by atoms with van der Waals surface area (Å²) in [4.78, 5) is 11.9. The molecule has 0 spiro atoms. The molecule has 4 nitrogen and oxygen atoms in total. The van der Waals surface area contributed by atoms with Gasteiger partial charge in [0.2, 0.25) is 0 Å². The van der Waals surface area contributed by atoms with Crippen molar-refractivity contribution in [3.05, 3.63) is 40.6 Å². The molecule has 0 unspecified atom stereocenters. The largest absolute Gasteiger partial charge is 0.388 e. The molecule has 0 atom stereocenters. The zero-order valence-electron chi connectivity index (χ0n) is 10.3. The zero-order chi connectivity index (χ0) is 14.3. The number of nitriles is 1. The Kier molecular flexibility index (Phi) is 6.20. The first-order valence-corrected chi connectivity index (χ1v) is 6.47. The van der Waals surface area contributed by atoms with E-state index in [1.54, 1.807) is 25.1 Å². The first-order chi connectivity index (χ1) is 9.10. The van der Waals surface area contributed by atoms with Crippen molar-refractivity contribution in [2.24, 2.45) is 0 Å². The van der Waals surface area contributed by atoms with Crippen LogP contribution in [0, 0.1) is 18.3 Å². The van der Waals surface area contributed by atoms with Crippen LogP contribution in [0.5, 0.6) is 0 Å². The van der Waals surface area contributed by atoms with E-state index in [-0.39, 0.29) is 5.57 Å². The Balaban J connectivity index is 2.81. The molecular formula is C13H13Cl2N3O. The first kappa shape index (κ1) is 15.4. The van der Waals surface area contributed by atoms with Gasteiger partial charge in [0.15, 0.2) is 0 Å². The third kappa shape index (κ3) is 4.47. The summed E-state index contributed by atoms with van der Waals surface area (Å²) in [6, 6.07) is 7.01. The topological polar surface area (TPSA) is 64.9 Å². The number of nitrogens with zero attached hydrogens (tertiary/aromatic N) is 1. The standard InChI is InChI=1S/C13H13Cl2N3O/c1-9-11(15)3-2-4-12(9)18-13(19)10(7-16)8-17-6-5-14/h2-4,8,17H,5-6H2,1H3,(H,18,19)/b10-8-. The number of benzene rings is 1. The Labute approximate surface area is 122 Å². The van der Waals surface area contributed by atoms with E-state index >= 15 is 0 Å². The van der Waals surface area contributed by atoms with E-state index in [1.165, 1.54) is 6.20 Å². The van der Waals surface area contributed by atoms with Gasteiger partial charge in [-0.3, -0.25) is 4.79 Å². The molecule has 0 bridgehead atoms. The van der Waals surface area contributed by atoms with Crippen LogP contribution in [0.25, 0.3) is 0 Å². The Bertz CT molecular complexity index is 535. The van der Waals surface area contributed by atoms with Gasteiger partial charge < -0.3 is 10.6 Å². The fraction of sp³-hybridized carbons (Fsp3) is 0.231. The Morgan fingerprint density at radius 2 is 2.26 bits per heavy atom. The smallest absolute Gasteiger partial charge is 0.267 e. The second-order valence-electron chi connectivity index (χ2n) is 3.68. The maximum Gasteiger partial charge on any atom is 0.267 e. The summed E-state index contributed by atoms with van der Waals surface area (Å²) in [6.07, 6.45) is 1.34. The van der Waals surface area contributed by atoms with E-state index in [2.05, 4.69) is 10.6 Å². The number of amides is 1. The van der Waals surface area contributed by atoms with Crippen LogP contribution in [-0.4, -0.2) is 18.3 Å². The van der Waals surface area contributed by atoms with Crippen molar-refractivity contribution in [3.63, 3.8) is 0 Å². The van der Waals surface area contributed by atoms with Gasteiger partial charge in [0, 0.05) is 29.3 Å². The molecule has 1 amide bonds. The van der Waals surface area contributed by atoms with Gasteiger partial charge in [-0.05, 0) is 24.6 Å². The van der Waals surface area contributed by atoms with Crippen molar-refractivity contribution in [2.45, 2.75) is 6.92 Å². The highest BCUT2D eigenvalue weighted by molar-refractivity contribution is 6.31. The lowest BCUT2D eigenvalue weighted by Gasteiger charge is -2.08.